The summed E-state index contributed by atoms with van der Waals surface area (Å²) in [6.07, 6.45) is 3.16. The Labute approximate surface area is 88.8 Å². The number of nitrogens with zero attached hydrogens (tertiary/aromatic N) is 1. The van der Waals surface area contributed by atoms with Crippen LogP contribution in [0.25, 0.3) is 10.2 Å². The van der Waals surface area contributed by atoms with Gasteiger partial charge in [-0.25, -0.2) is 4.98 Å². The quantitative estimate of drug-likeness (QED) is 0.722. The molecule has 14 heavy (non-hydrogen) atoms. The molecule has 2 heterocycles. The number of rotatable bonds is 2. The zero-order chi connectivity index (χ0) is 10.2. The summed E-state index contributed by atoms with van der Waals surface area (Å²) in [7, 11) is 0. The van der Waals surface area contributed by atoms with Gasteiger partial charge < -0.3 is 0 Å². The molecular weight excluding hydrogens is 190 g/mol. The molecule has 2 rings (SSSR count). The minimum absolute atomic E-state index is 0.239. The lowest BCUT2D eigenvalue weighted by atomic mass is 9.83. The number of hydrogen-bond donors (Lipinski definition) is 0. The van der Waals surface area contributed by atoms with Gasteiger partial charge in [0.15, 0.2) is 0 Å². The van der Waals surface area contributed by atoms with Crippen LogP contribution in [-0.2, 0) is 5.41 Å². The minimum Gasteiger partial charge on any atom is -0.245 e. The smallest absolute Gasteiger partial charge is 0.123 e. The number of thiophene rings is 1. The Kier molecular flexibility index (Phi) is 2.31. The zero-order valence-electron chi connectivity index (χ0n) is 8.87. The summed E-state index contributed by atoms with van der Waals surface area (Å²) in [5, 5.41) is 3.37. The maximum atomic E-state index is 4.47. The number of aromatic nitrogens is 1. The highest BCUT2D eigenvalue weighted by molar-refractivity contribution is 7.16. The third-order valence-corrected chi connectivity index (χ3v) is 3.81. The topological polar surface area (TPSA) is 12.9 Å². The van der Waals surface area contributed by atoms with Crippen molar-refractivity contribution in [3.05, 3.63) is 29.3 Å². The number of fused-ring (bicyclic) bond motifs is 1. The van der Waals surface area contributed by atoms with Crippen molar-refractivity contribution >= 4 is 21.6 Å². The Balaban J connectivity index is 2.53. The van der Waals surface area contributed by atoms with Crippen LogP contribution in [0.3, 0.4) is 0 Å². The van der Waals surface area contributed by atoms with Gasteiger partial charge in [-0.15, -0.1) is 11.3 Å². The van der Waals surface area contributed by atoms with Crippen LogP contribution in [0.1, 0.15) is 32.8 Å². The molecule has 74 valence electrons. The zero-order valence-corrected chi connectivity index (χ0v) is 9.69. The molecule has 0 spiro atoms. The van der Waals surface area contributed by atoms with Gasteiger partial charge in [0.2, 0.25) is 0 Å². The van der Waals surface area contributed by atoms with Crippen LogP contribution in [0, 0.1) is 0 Å². The van der Waals surface area contributed by atoms with Crippen LogP contribution in [0.5, 0.6) is 0 Å². The Bertz CT molecular complexity index is 442. The van der Waals surface area contributed by atoms with Crippen molar-refractivity contribution in [1.29, 1.82) is 0 Å². The Hall–Kier alpha value is -0.890. The number of pyridine rings is 1. The molecule has 2 aromatic heterocycles. The lowest BCUT2D eigenvalue weighted by Gasteiger charge is -2.22. The molecule has 0 saturated carbocycles. The Morgan fingerprint density at radius 1 is 1.43 bits per heavy atom. The Morgan fingerprint density at radius 3 is 2.93 bits per heavy atom. The predicted octanol–water partition coefficient (Wildman–Crippen LogP) is 3.98. The van der Waals surface area contributed by atoms with E-state index in [1.165, 1.54) is 10.9 Å². The summed E-state index contributed by atoms with van der Waals surface area (Å²) in [5.74, 6) is 0. The highest BCUT2D eigenvalue weighted by Gasteiger charge is 2.18. The highest BCUT2D eigenvalue weighted by atomic mass is 32.1. The molecule has 0 N–H and O–H groups in total. The van der Waals surface area contributed by atoms with E-state index < -0.39 is 0 Å². The first-order valence-electron chi connectivity index (χ1n) is 4.97. The summed E-state index contributed by atoms with van der Waals surface area (Å²) >= 11 is 1.70. The van der Waals surface area contributed by atoms with Crippen molar-refractivity contribution in [3.8, 4) is 0 Å². The second-order valence-electron chi connectivity index (χ2n) is 4.28. The first-order valence-corrected chi connectivity index (χ1v) is 5.85. The van der Waals surface area contributed by atoms with Crippen LogP contribution >= 0.6 is 11.3 Å². The van der Waals surface area contributed by atoms with Gasteiger partial charge in [0.05, 0.1) is 0 Å². The maximum absolute atomic E-state index is 4.47. The highest BCUT2D eigenvalue weighted by Crippen LogP contribution is 2.29. The van der Waals surface area contributed by atoms with E-state index >= 15 is 0 Å². The molecule has 0 fully saturated rings. The van der Waals surface area contributed by atoms with Crippen LogP contribution in [0.15, 0.2) is 23.7 Å². The molecule has 2 aromatic rings. The lowest BCUT2D eigenvalue weighted by Crippen LogP contribution is -2.15. The largest absolute Gasteiger partial charge is 0.245 e. The monoisotopic (exact) mass is 205 g/mol. The molecule has 0 saturated heterocycles. The Morgan fingerprint density at radius 2 is 2.21 bits per heavy atom. The van der Waals surface area contributed by atoms with Gasteiger partial charge in [0, 0.05) is 11.6 Å². The molecule has 2 heteroatoms. The SMILES string of the molecule is CCC(C)(C)c1cnc2sccc2c1. The van der Waals surface area contributed by atoms with E-state index in [0.29, 0.717) is 0 Å². The van der Waals surface area contributed by atoms with E-state index in [1.54, 1.807) is 11.3 Å². The summed E-state index contributed by atoms with van der Waals surface area (Å²) in [5.41, 5.74) is 1.58. The normalized spacial score (nSPS) is 12.2. The second kappa shape index (κ2) is 3.35. The predicted molar refractivity (Wildman–Crippen MR) is 62.9 cm³/mol. The van der Waals surface area contributed by atoms with Crippen LogP contribution in [-0.4, -0.2) is 4.98 Å². The summed E-state index contributed by atoms with van der Waals surface area (Å²) < 4.78 is 0. The van der Waals surface area contributed by atoms with E-state index in [-0.39, 0.29) is 5.41 Å². The van der Waals surface area contributed by atoms with E-state index in [2.05, 4.69) is 43.3 Å². The standard InChI is InChI=1S/C12H15NS/c1-4-12(2,3)10-7-9-5-6-14-11(9)13-8-10/h5-8H,4H2,1-3H3. The molecule has 0 aliphatic rings. The van der Waals surface area contributed by atoms with E-state index in [0.717, 1.165) is 11.3 Å². The molecule has 0 unspecified atom stereocenters. The fraction of sp³-hybridized carbons (Fsp3) is 0.417. The molecule has 0 amide bonds. The van der Waals surface area contributed by atoms with Crippen LogP contribution in [0.4, 0.5) is 0 Å². The first kappa shape index (κ1) is 9.66. The maximum Gasteiger partial charge on any atom is 0.123 e. The van der Waals surface area contributed by atoms with Crippen molar-refractivity contribution in [1.82, 2.24) is 4.98 Å². The van der Waals surface area contributed by atoms with E-state index in [4.69, 9.17) is 0 Å². The summed E-state index contributed by atoms with van der Waals surface area (Å²) in [6.45, 7) is 6.75. The molecule has 0 aliphatic carbocycles. The van der Waals surface area contributed by atoms with Crippen molar-refractivity contribution in [2.75, 3.05) is 0 Å². The fourth-order valence-corrected chi connectivity index (χ4v) is 2.15. The molecule has 0 radical (unpaired) electrons. The van der Waals surface area contributed by atoms with Gasteiger partial charge in [-0.05, 0) is 34.9 Å². The fourth-order valence-electron chi connectivity index (χ4n) is 1.43. The molecule has 1 nitrogen and oxygen atoms in total. The first-order chi connectivity index (χ1) is 6.63. The third kappa shape index (κ3) is 1.55. The van der Waals surface area contributed by atoms with Gasteiger partial charge in [-0.3, -0.25) is 0 Å². The van der Waals surface area contributed by atoms with Crippen LogP contribution in [0.2, 0.25) is 0 Å². The average molecular weight is 205 g/mol. The molecular formula is C12H15NS. The van der Waals surface area contributed by atoms with Gasteiger partial charge in [-0.2, -0.15) is 0 Å². The van der Waals surface area contributed by atoms with Crippen molar-refractivity contribution < 1.29 is 0 Å². The van der Waals surface area contributed by atoms with Gasteiger partial charge in [0.25, 0.3) is 0 Å². The van der Waals surface area contributed by atoms with E-state index in [1.807, 2.05) is 6.20 Å². The third-order valence-electron chi connectivity index (χ3n) is 2.97. The van der Waals surface area contributed by atoms with Gasteiger partial charge in [0.1, 0.15) is 4.83 Å². The van der Waals surface area contributed by atoms with Gasteiger partial charge >= 0.3 is 0 Å². The second-order valence-corrected chi connectivity index (χ2v) is 5.17. The molecule has 0 atom stereocenters. The van der Waals surface area contributed by atoms with Crippen LogP contribution < -0.4 is 0 Å². The molecule has 0 aromatic carbocycles. The molecule has 0 aliphatic heterocycles. The number of hydrogen-bond acceptors (Lipinski definition) is 2. The van der Waals surface area contributed by atoms with Gasteiger partial charge in [-0.1, -0.05) is 20.8 Å². The van der Waals surface area contributed by atoms with Crippen molar-refractivity contribution in [2.24, 2.45) is 0 Å². The van der Waals surface area contributed by atoms with Crippen molar-refractivity contribution in [2.45, 2.75) is 32.6 Å². The lowest BCUT2D eigenvalue weighted by molar-refractivity contribution is 0.505. The van der Waals surface area contributed by atoms with Crippen molar-refractivity contribution in [3.63, 3.8) is 0 Å². The molecule has 0 bridgehead atoms. The summed E-state index contributed by atoms with van der Waals surface area (Å²) in [6, 6.07) is 4.41. The summed E-state index contributed by atoms with van der Waals surface area (Å²) in [4.78, 5) is 5.61. The minimum atomic E-state index is 0.239. The average Bonchev–Trinajstić information content (AvgIpc) is 2.64. The van der Waals surface area contributed by atoms with E-state index in [9.17, 15) is 0 Å².